The summed E-state index contributed by atoms with van der Waals surface area (Å²) in [5.41, 5.74) is 0. The highest BCUT2D eigenvalue weighted by Gasteiger charge is 2.16. The Morgan fingerprint density at radius 2 is 2.15 bits per heavy atom. The van der Waals surface area contributed by atoms with Crippen LogP contribution in [0.5, 0.6) is 0 Å². The van der Waals surface area contributed by atoms with Gasteiger partial charge in [0.1, 0.15) is 0 Å². The number of nitrogens with one attached hydrogen (secondary N) is 2. The molecule has 1 atom stereocenters. The smallest absolute Gasteiger partial charge is 0.336 e. The molecule has 0 fully saturated rings. The van der Waals surface area contributed by atoms with E-state index in [0.29, 0.717) is 0 Å². The quantitative estimate of drug-likeness (QED) is 0.556. The molecule has 1 heterocycles. The Bertz CT molecular complexity index is 457. The molecule has 3 N–H and O–H groups in total. The summed E-state index contributed by atoms with van der Waals surface area (Å²) in [6.07, 6.45) is -0.0162. The molecule has 1 aromatic heterocycles. The molecule has 8 heteroatoms. The second-order valence-electron chi connectivity index (χ2n) is 3.83. The van der Waals surface area contributed by atoms with E-state index in [1.165, 1.54) is 12.3 Å². The van der Waals surface area contributed by atoms with E-state index in [1.54, 1.807) is 6.07 Å². The number of rotatable bonds is 7. The van der Waals surface area contributed by atoms with Crippen molar-refractivity contribution in [1.82, 2.24) is 10.6 Å². The number of hydrogen-bond acceptors (Lipinski definition) is 6. The first-order chi connectivity index (χ1) is 9.54. The summed E-state index contributed by atoms with van der Waals surface area (Å²) < 4.78 is 9.16. The molecule has 110 valence electrons. The molecule has 0 bridgehead atoms. The Kier molecular flexibility index (Phi) is 6.24. The summed E-state index contributed by atoms with van der Waals surface area (Å²) in [6.45, 7) is -0.128. The lowest BCUT2D eigenvalue weighted by atomic mass is 10.3. The minimum Gasteiger partial charge on any atom is -0.467 e. The zero-order valence-corrected chi connectivity index (χ0v) is 10.9. The van der Waals surface area contributed by atoms with Gasteiger partial charge < -0.3 is 24.9 Å². The van der Waals surface area contributed by atoms with Crippen molar-refractivity contribution in [3.8, 4) is 0 Å². The van der Waals surface area contributed by atoms with Gasteiger partial charge in [-0.05, 0) is 12.1 Å². The highest BCUT2D eigenvalue weighted by molar-refractivity contribution is 5.91. The van der Waals surface area contributed by atoms with E-state index < -0.39 is 23.9 Å². The number of esters is 1. The SMILES string of the molecule is COC(=O)C(O)CNC(=O)CCNC(=O)c1ccco1. The van der Waals surface area contributed by atoms with Crippen molar-refractivity contribution in [3.05, 3.63) is 24.2 Å². The van der Waals surface area contributed by atoms with Crippen molar-refractivity contribution < 1.29 is 28.6 Å². The number of carbonyl (C=O) groups is 3. The summed E-state index contributed by atoms with van der Waals surface area (Å²) in [6, 6.07) is 3.08. The molecule has 1 unspecified atom stereocenters. The van der Waals surface area contributed by atoms with Gasteiger partial charge in [-0.2, -0.15) is 0 Å². The predicted octanol–water partition coefficient (Wildman–Crippen LogP) is -0.950. The minimum atomic E-state index is -1.40. The van der Waals surface area contributed by atoms with Gasteiger partial charge in [0, 0.05) is 13.0 Å². The number of furan rings is 1. The van der Waals surface area contributed by atoms with E-state index >= 15 is 0 Å². The van der Waals surface area contributed by atoms with Crippen LogP contribution in [0.3, 0.4) is 0 Å². The van der Waals surface area contributed by atoms with Gasteiger partial charge in [0.15, 0.2) is 11.9 Å². The zero-order valence-electron chi connectivity index (χ0n) is 10.9. The molecule has 0 aromatic carbocycles. The van der Waals surface area contributed by atoms with Crippen molar-refractivity contribution in [2.24, 2.45) is 0 Å². The van der Waals surface area contributed by atoms with Crippen molar-refractivity contribution >= 4 is 17.8 Å². The van der Waals surface area contributed by atoms with Crippen molar-refractivity contribution in [1.29, 1.82) is 0 Å². The Morgan fingerprint density at radius 1 is 1.40 bits per heavy atom. The van der Waals surface area contributed by atoms with Crippen molar-refractivity contribution in [2.75, 3.05) is 20.2 Å². The topological polar surface area (TPSA) is 118 Å². The Morgan fingerprint density at radius 3 is 2.75 bits per heavy atom. The highest BCUT2D eigenvalue weighted by Crippen LogP contribution is 1.98. The van der Waals surface area contributed by atoms with E-state index in [1.807, 2.05) is 0 Å². The molecule has 1 rings (SSSR count). The van der Waals surface area contributed by atoms with Gasteiger partial charge in [0.25, 0.3) is 5.91 Å². The molecule has 0 saturated heterocycles. The van der Waals surface area contributed by atoms with Gasteiger partial charge in [-0.1, -0.05) is 0 Å². The van der Waals surface area contributed by atoms with Gasteiger partial charge in [0.2, 0.25) is 5.91 Å². The molecule has 0 radical (unpaired) electrons. The van der Waals surface area contributed by atoms with Gasteiger partial charge >= 0.3 is 5.97 Å². The maximum absolute atomic E-state index is 11.4. The number of carbonyl (C=O) groups excluding carboxylic acids is 3. The molecule has 8 nitrogen and oxygen atoms in total. The third-order valence-electron chi connectivity index (χ3n) is 2.35. The molecule has 0 aliphatic carbocycles. The van der Waals surface area contributed by atoms with Gasteiger partial charge in [-0.15, -0.1) is 0 Å². The van der Waals surface area contributed by atoms with Crippen LogP contribution in [0.25, 0.3) is 0 Å². The first-order valence-corrected chi connectivity index (χ1v) is 5.89. The summed E-state index contributed by atoms with van der Waals surface area (Å²) in [4.78, 5) is 33.7. The Hall–Kier alpha value is -2.35. The number of amides is 2. The minimum absolute atomic E-state index is 0.0142. The monoisotopic (exact) mass is 284 g/mol. The summed E-state index contributed by atoms with van der Waals surface area (Å²) in [5.74, 6) is -1.49. The van der Waals surface area contributed by atoms with Gasteiger partial charge in [0.05, 0.1) is 19.9 Å². The fourth-order valence-electron chi connectivity index (χ4n) is 1.30. The van der Waals surface area contributed by atoms with Gasteiger partial charge in [-0.25, -0.2) is 4.79 Å². The molecule has 0 saturated carbocycles. The van der Waals surface area contributed by atoms with E-state index in [4.69, 9.17) is 4.42 Å². The van der Waals surface area contributed by atoms with Crippen molar-refractivity contribution in [3.63, 3.8) is 0 Å². The van der Waals surface area contributed by atoms with E-state index in [2.05, 4.69) is 15.4 Å². The number of methoxy groups -OCH3 is 1. The third kappa shape index (κ3) is 5.11. The zero-order chi connectivity index (χ0) is 15.0. The standard InChI is InChI=1S/C12H16N2O6/c1-19-12(18)8(15)7-14-10(16)4-5-13-11(17)9-3-2-6-20-9/h2-3,6,8,15H,4-5,7H2,1H3,(H,13,17)(H,14,16). The maximum Gasteiger partial charge on any atom is 0.336 e. The number of hydrogen-bond donors (Lipinski definition) is 3. The summed E-state index contributed by atoms with van der Waals surface area (Å²) >= 11 is 0. The lowest BCUT2D eigenvalue weighted by molar-refractivity contribution is -0.150. The molecular formula is C12H16N2O6. The summed E-state index contributed by atoms with van der Waals surface area (Å²) in [7, 11) is 1.14. The Labute approximate surface area is 115 Å². The second kappa shape index (κ2) is 7.95. The number of aliphatic hydroxyl groups excluding tert-OH is 1. The lowest BCUT2D eigenvalue weighted by Crippen LogP contribution is -2.38. The molecular weight excluding hydrogens is 268 g/mol. The molecule has 20 heavy (non-hydrogen) atoms. The van der Waals surface area contributed by atoms with Crippen LogP contribution in [-0.2, 0) is 14.3 Å². The van der Waals surface area contributed by atoms with Gasteiger partial charge in [-0.3, -0.25) is 9.59 Å². The molecule has 0 spiro atoms. The van der Waals surface area contributed by atoms with Crippen LogP contribution < -0.4 is 10.6 Å². The van der Waals surface area contributed by atoms with Crippen LogP contribution >= 0.6 is 0 Å². The van der Waals surface area contributed by atoms with Crippen LogP contribution in [0, 0.1) is 0 Å². The first kappa shape index (κ1) is 15.7. The number of aliphatic hydroxyl groups is 1. The molecule has 1 aromatic rings. The molecule has 2 amide bonds. The molecule has 0 aliphatic rings. The summed E-state index contributed by atoms with van der Waals surface area (Å²) in [5, 5.41) is 14.1. The van der Waals surface area contributed by atoms with Crippen LogP contribution in [0.15, 0.2) is 22.8 Å². The maximum atomic E-state index is 11.4. The largest absolute Gasteiger partial charge is 0.467 e. The fourth-order valence-corrected chi connectivity index (χ4v) is 1.30. The second-order valence-corrected chi connectivity index (χ2v) is 3.83. The number of ether oxygens (including phenoxy) is 1. The van der Waals surface area contributed by atoms with E-state index in [9.17, 15) is 19.5 Å². The average Bonchev–Trinajstić information content (AvgIpc) is 2.97. The lowest BCUT2D eigenvalue weighted by Gasteiger charge is -2.09. The van der Waals surface area contributed by atoms with E-state index in [0.717, 1.165) is 7.11 Å². The molecule has 0 aliphatic heterocycles. The fraction of sp³-hybridized carbons (Fsp3) is 0.417. The van der Waals surface area contributed by atoms with Crippen LogP contribution in [0.2, 0.25) is 0 Å². The van der Waals surface area contributed by atoms with Crippen LogP contribution in [0.4, 0.5) is 0 Å². The highest BCUT2D eigenvalue weighted by atomic mass is 16.5. The first-order valence-electron chi connectivity index (χ1n) is 5.89. The van der Waals surface area contributed by atoms with Crippen LogP contribution in [0.1, 0.15) is 17.0 Å². The normalized spacial score (nSPS) is 11.5. The average molecular weight is 284 g/mol. The predicted molar refractivity (Wildman–Crippen MR) is 66.7 cm³/mol. The van der Waals surface area contributed by atoms with E-state index in [-0.39, 0.29) is 25.3 Å². The third-order valence-corrected chi connectivity index (χ3v) is 2.35. The van der Waals surface area contributed by atoms with Crippen LogP contribution in [-0.4, -0.2) is 49.2 Å². The van der Waals surface area contributed by atoms with Crippen molar-refractivity contribution in [2.45, 2.75) is 12.5 Å². The Balaban J connectivity index is 2.17.